The third-order valence-corrected chi connectivity index (χ3v) is 5.99. The first kappa shape index (κ1) is 21.5. The molecule has 1 aromatic heterocycles. The average Bonchev–Trinajstić information content (AvgIpc) is 3.23. The van der Waals surface area contributed by atoms with E-state index in [0.29, 0.717) is 12.2 Å². The Kier molecular flexibility index (Phi) is 6.48. The van der Waals surface area contributed by atoms with Crippen LogP contribution in [-0.4, -0.2) is 49.5 Å². The molecule has 0 aliphatic carbocycles. The second-order valence-electron chi connectivity index (χ2n) is 6.49. The number of nitrogens with one attached hydrogen (secondary N) is 1. The summed E-state index contributed by atoms with van der Waals surface area (Å²) < 4.78 is 36.3. The second-order valence-corrected chi connectivity index (χ2v) is 8.64. The molecule has 0 radical (unpaired) electrons. The van der Waals surface area contributed by atoms with E-state index in [1.807, 2.05) is 31.2 Å². The summed E-state index contributed by atoms with van der Waals surface area (Å²) in [7, 11) is -0.616. The number of sulfonamides is 1. The fraction of sp³-hybridized carbons (Fsp3) is 0.250. The molecule has 0 fully saturated rings. The Morgan fingerprint density at radius 3 is 2.53 bits per heavy atom. The van der Waals surface area contributed by atoms with E-state index in [1.165, 1.54) is 26.2 Å². The monoisotopic (exact) mass is 430 g/mol. The van der Waals surface area contributed by atoms with Gasteiger partial charge in [0.2, 0.25) is 15.9 Å². The van der Waals surface area contributed by atoms with Gasteiger partial charge in [-0.3, -0.25) is 4.79 Å². The lowest BCUT2D eigenvalue weighted by molar-refractivity contribution is 0.0916. The molecule has 0 saturated carbocycles. The Morgan fingerprint density at radius 2 is 1.87 bits per heavy atom. The minimum absolute atomic E-state index is 0.118. The number of carbonyl (C=O) groups excluding carboxylic acids is 1. The Morgan fingerprint density at radius 1 is 1.13 bits per heavy atom. The highest BCUT2D eigenvalue weighted by Gasteiger charge is 2.19. The maximum atomic E-state index is 12.3. The number of ether oxygens (including phenoxy) is 1. The molecule has 0 aliphatic rings. The molecule has 0 atom stereocenters. The lowest BCUT2D eigenvalue weighted by atomic mass is 10.2. The number of rotatable bonds is 8. The van der Waals surface area contributed by atoms with E-state index in [1.54, 1.807) is 12.1 Å². The molecule has 3 aromatic rings. The predicted molar refractivity (Wildman–Crippen MR) is 109 cm³/mol. The van der Waals surface area contributed by atoms with Gasteiger partial charge in [0.1, 0.15) is 5.75 Å². The van der Waals surface area contributed by atoms with E-state index in [0.717, 1.165) is 15.6 Å². The first-order valence-electron chi connectivity index (χ1n) is 9.17. The van der Waals surface area contributed by atoms with Crippen LogP contribution >= 0.6 is 0 Å². The third-order valence-electron chi connectivity index (χ3n) is 4.16. The van der Waals surface area contributed by atoms with Crippen molar-refractivity contribution in [1.29, 1.82) is 0 Å². The van der Waals surface area contributed by atoms with E-state index in [-0.39, 0.29) is 23.2 Å². The van der Waals surface area contributed by atoms with Crippen LogP contribution in [0.3, 0.4) is 0 Å². The number of hydrogen-bond donors (Lipinski definition) is 1. The number of hydrogen-bond acceptors (Lipinski definition) is 7. The fourth-order valence-electron chi connectivity index (χ4n) is 2.58. The normalized spacial score (nSPS) is 11.5. The highest BCUT2D eigenvalue weighted by molar-refractivity contribution is 7.89. The maximum absolute atomic E-state index is 12.3. The molecule has 3 rings (SSSR count). The molecular weight excluding hydrogens is 408 g/mol. The third kappa shape index (κ3) is 4.84. The van der Waals surface area contributed by atoms with Crippen LogP contribution in [0.2, 0.25) is 0 Å². The summed E-state index contributed by atoms with van der Waals surface area (Å²) in [5.41, 5.74) is 1.37. The van der Waals surface area contributed by atoms with E-state index in [2.05, 4.69) is 15.5 Å². The number of aromatic nitrogens is 2. The van der Waals surface area contributed by atoms with Crippen molar-refractivity contribution in [3.63, 3.8) is 0 Å². The van der Waals surface area contributed by atoms with Crippen LogP contribution in [0.4, 0.5) is 0 Å². The van der Waals surface area contributed by atoms with E-state index < -0.39 is 15.9 Å². The first-order chi connectivity index (χ1) is 14.3. The average molecular weight is 430 g/mol. The molecular formula is C20H22N4O5S. The zero-order chi connectivity index (χ0) is 21.7. The summed E-state index contributed by atoms with van der Waals surface area (Å²) in [6.07, 6.45) is 0. The van der Waals surface area contributed by atoms with Crippen molar-refractivity contribution in [1.82, 2.24) is 19.8 Å². The Balaban J connectivity index is 1.67. The molecule has 1 amide bonds. The Hall–Kier alpha value is -3.24. The Labute approximate surface area is 174 Å². The molecule has 1 N–H and O–H groups in total. The van der Waals surface area contributed by atoms with E-state index in [4.69, 9.17) is 9.15 Å². The van der Waals surface area contributed by atoms with Gasteiger partial charge in [-0.05, 0) is 48.9 Å². The van der Waals surface area contributed by atoms with Crippen molar-refractivity contribution in [2.75, 3.05) is 20.7 Å². The van der Waals surface area contributed by atoms with Gasteiger partial charge in [-0.2, -0.15) is 0 Å². The van der Waals surface area contributed by atoms with Crippen molar-refractivity contribution < 1.29 is 22.4 Å². The molecule has 0 spiro atoms. The summed E-state index contributed by atoms with van der Waals surface area (Å²) in [4.78, 5) is 12.5. The summed E-state index contributed by atoms with van der Waals surface area (Å²) in [6.45, 7) is 2.73. The zero-order valence-corrected chi connectivity index (χ0v) is 17.6. The molecule has 2 aromatic carbocycles. The molecule has 0 bridgehead atoms. The summed E-state index contributed by atoms with van der Waals surface area (Å²) in [6, 6.07) is 13.4. The molecule has 1 heterocycles. The van der Waals surface area contributed by atoms with Gasteiger partial charge in [0.25, 0.3) is 0 Å². The van der Waals surface area contributed by atoms with Crippen LogP contribution in [0, 0.1) is 0 Å². The standard InChI is InChI=1S/C20H22N4O5S/c1-4-28-16-7-5-6-14(12-16)13-21-18(25)20-23-22-19(29-20)15-8-10-17(11-9-15)30(26,27)24(2)3/h5-12H,4,13H2,1-3H3,(H,21,25). The van der Waals surface area contributed by atoms with Crippen molar-refractivity contribution in [3.8, 4) is 17.2 Å². The van der Waals surface area contributed by atoms with Gasteiger partial charge in [0, 0.05) is 26.2 Å². The van der Waals surface area contributed by atoms with Gasteiger partial charge in [0.15, 0.2) is 0 Å². The van der Waals surface area contributed by atoms with Crippen LogP contribution in [-0.2, 0) is 16.6 Å². The van der Waals surface area contributed by atoms with E-state index >= 15 is 0 Å². The van der Waals surface area contributed by atoms with Crippen molar-refractivity contribution >= 4 is 15.9 Å². The highest BCUT2D eigenvalue weighted by atomic mass is 32.2. The van der Waals surface area contributed by atoms with Gasteiger partial charge in [-0.15, -0.1) is 10.2 Å². The molecule has 0 aliphatic heterocycles. The second kappa shape index (κ2) is 9.06. The van der Waals surface area contributed by atoms with Crippen LogP contribution in [0.1, 0.15) is 23.2 Å². The fourth-order valence-corrected chi connectivity index (χ4v) is 3.48. The van der Waals surface area contributed by atoms with Gasteiger partial charge in [-0.25, -0.2) is 12.7 Å². The van der Waals surface area contributed by atoms with Crippen LogP contribution < -0.4 is 10.1 Å². The molecule has 30 heavy (non-hydrogen) atoms. The predicted octanol–water partition coefficient (Wildman–Crippen LogP) is 2.32. The number of nitrogens with zero attached hydrogens (tertiary/aromatic N) is 3. The molecule has 9 nitrogen and oxygen atoms in total. The van der Waals surface area contributed by atoms with Gasteiger partial charge < -0.3 is 14.5 Å². The molecule has 158 valence electrons. The lowest BCUT2D eigenvalue weighted by Gasteiger charge is -2.11. The smallest absolute Gasteiger partial charge is 0.309 e. The number of carbonyl (C=O) groups is 1. The summed E-state index contributed by atoms with van der Waals surface area (Å²) in [5, 5.41) is 10.4. The van der Waals surface area contributed by atoms with Crippen molar-refractivity contribution in [2.24, 2.45) is 0 Å². The highest BCUT2D eigenvalue weighted by Crippen LogP contribution is 2.21. The minimum atomic E-state index is -3.53. The first-order valence-corrected chi connectivity index (χ1v) is 10.6. The minimum Gasteiger partial charge on any atom is -0.494 e. The zero-order valence-electron chi connectivity index (χ0n) is 16.8. The number of benzene rings is 2. The van der Waals surface area contributed by atoms with Crippen LogP contribution in [0.25, 0.3) is 11.5 Å². The van der Waals surface area contributed by atoms with Gasteiger partial charge in [-0.1, -0.05) is 12.1 Å². The van der Waals surface area contributed by atoms with Crippen molar-refractivity contribution in [2.45, 2.75) is 18.4 Å². The summed E-state index contributed by atoms with van der Waals surface area (Å²) in [5.74, 6) is 0.148. The quantitative estimate of drug-likeness (QED) is 0.583. The topological polar surface area (TPSA) is 115 Å². The Bertz CT molecular complexity index is 1120. The largest absolute Gasteiger partial charge is 0.494 e. The van der Waals surface area contributed by atoms with Crippen LogP contribution in [0.15, 0.2) is 57.8 Å². The number of amides is 1. The van der Waals surface area contributed by atoms with Gasteiger partial charge in [0.05, 0.1) is 11.5 Å². The van der Waals surface area contributed by atoms with Crippen molar-refractivity contribution in [3.05, 3.63) is 60.0 Å². The maximum Gasteiger partial charge on any atom is 0.309 e. The summed E-state index contributed by atoms with van der Waals surface area (Å²) >= 11 is 0. The molecule has 0 unspecified atom stereocenters. The van der Waals surface area contributed by atoms with Gasteiger partial charge >= 0.3 is 11.8 Å². The van der Waals surface area contributed by atoms with Crippen LogP contribution in [0.5, 0.6) is 5.75 Å². The van der Waals surface area contributed by atoms with E-state index in [9.17, 15) is 13.2 Å². The SMILES string of the molecule is CCOc1cccc(CNC(=O)c2nnc(-c3ccc(S(=O)(=O)N(C)C)cc3)o2)c1. The lowest BCUT2D eigenvalue weighted by Crippen LogP contribution is -2.23. The molecule has 10 heteroatoms. The molecule has 0 saturated heterocycles.